The second-order valence-corrected chi connectivity index (χ2v) is 4.56. The molecule has 0 spiro atoms. The van der Waals surface area contributed by atoms with E-state index in [0.29, 0.717) is 8.95 Å². The third kappa shape index (κ3) is 3.12. The van der Waals surface area contributed by atoms with Crippen molar-refractivity contribution in [3.05, 3.63) is 26.6 Å². The van der Waals surface area contributed by atoms with Crippen LogP contribution in [0.15, 0.2) is 21.1 Å². The van der Waals surface area contributed by atoms with Crippen LogP contribution >= 0.6 is 44.3 Å². The number of rotatable bonds is 2. The lowest BCUT2D eigenvalue weighted by Gasteiger charge is -2.11. The zero-order valence-corrected chi connectivity index (χ0v) is 11.6. The van der Waals surface area contributed by atoms with E-state index < -0.39 is 0 Å². The van der Waals surface area contributed by atoms with Crippen LogP contribution in [0.5, 0.6) is 5.75 Å². The summed E-state index contributed by atoms with van der Waals surface area (Å²) in [6.07, 6.45) is 0.879. The molecule has 0 aliphatic carbocycles. The lowest BCUT2D eigenvalue weighted by Crippen LogP contribution is -2.08. The van der Waals surface area contributed by atoms with Crippen LogP contribution in [-0.2, 0) is 0 Å². The van der Waals surface area contributed by atoms with Crippen LogP contribution in [0.3, 0.4) is 0 Å². The number of hydrogen-bond donors (Lipinski definition) is 2. The molecule has 1 aromatic carbocycles. The SMILES string of the molecule is CC[C@@H](N)c1cc(Br)c(O)c(Br)c1.Cl. The quantitative estimate of drug-likeness (QED) is 0.857. The molecule has 80 valence electrons. The first kappa shape index (κ1) is 14.2. The molecule has 0 aromatic heterocycles. The van der Waals surface area contributed by atoms with Crippen molar-refractivity contribution >= 4 is 44.3 Å². The van der Waals surface area contributed by atoms with E-state index in [2.05, 4.69) is 31.9 Å². The Bertz CT molecular complexity index is 297. The zero-order chi connectivity index (χ0) is 10.0. The standard InChI is InChI=1S/C9H11Br2NO.ClH/c1-2-8(12)5-3-6(10)9(13)7(11)4-5;/h3-4,8,13H,2,12H2,1H3;1H/t8-;/m1./s1. The lowest BCUT2D eigenvalue weighted by atomic mass is 10.1. The monoisotopic (exact) mass is 343 g/mol. The summed E-state index contributed by atoms with van der Waals surface area (Å²) in [7, 11) is 0. The molecule has 0 heterocycles. The summed E-state index contributed by atoms with van der Waals surface area (Å²) in [6, 6.07) is 3.70. The fraction of sp³-hybridized carbons (Fsp3) is 0.333. The first-order valence-electron chi connectivity index (χ1n) is 3.99. The van der Waals surface area contributed by atoms with Crippen molar-refractivity contribution in [1.82, 2.24) is 0 Å². The molecule has 5 heteroatoms. The highest BCUT2D eigenvalue weighted by Crippen LogP contribution is 2.35. The van der Waals surface area contributed by atoms with Crippen molar-refractivity contribution < 1.29 is 5.11 Å². The maximum Gasteiger partial charge on any atom is 0.143 e. The van der Waals surface area contributed by atoms with Crippen LogP contribution in [0.2, 0.25) is 0 Å². The molecule has 1 atom stereocenters. The largest absolute Gasteiger partial charge is 0.506 e. The molecule has 0 amide bonds. The number of phenolic OH excluding ortho intramolecular Hbond substituents is 1. The minimum atomic E-state index is 0. The van der Waals surface area contributed by atoms with Gasteiger partial charge >= 0.3 is 0 Å². The average Bonchev–Trinajstić information content (AvgIpc) is 2.12. The Hall–Kier alpha value is 0.230. The lowest BCUT2D eigenvalue weighted by molar-refractivity contribution is 0.468. The number of halogens is 3. The molecule has 0 bridgehead atoms. The van der Waals surface area contributed by atoms with E-state index in [9.17, 15) is 5.11 Å². The van der Waals surface area contributed by atoms with Crippen LogP contribution < -0.4 is 5.73 Å². The summed E-state index contributed by atoms with van der Waals surface area (Å²) in [5.74, 6) is 0.215. The van der Waals surface area contributed by atoms with Gasteiger partial charge in [-0.3, -0.25) is 0 Å². The van der Waals surface area contributed by atoms with Gasteiger partial charge in [0, 0.05) is 6.04 Å². The van der Waals surface area contributed by atoms with E-state index >= 15 is 0 Å². The summed E-state index contributed by atoms with van der Waals surface area (Å²) in [4.78, 5) is 0. The van der Waals surface area contributed by atoms with Crippen molar-refractivity contribution in [1.29, 1.82) is 0 Å². The highest BCUT2D eigenvalue weighted by molar-refractivity contribution is 9.11. The van der Waals surface area contributed by atoms with Crippen LogP contribution in [0.4, 0.5) is 0 Å². The van der Waals surface area contributed by atoms with Gasteiger partial charge in [0.05, 0.1) is 8.95 Å². The van der Waals surface area contributed by atoms with Gasteiger partial charge in [-0.1, -0.05) is 6.92 Å². The molecule has 3 N–H and O–H groups in total. The normalized spacial score (nSPS) is 12.0. The van der Waals surface area contributed by atoms with Crippen molar-refractivity contribution in [3.63, 3.8) is 0 Å². The molecule has 0 fully saturated rings. The number of phenols is 1. The van der Waals surface area contributed by atoms with E-state index in [1.54, 1.807) is 0 Å². The highest BCUT2D eigenvalue weighted by atomic mass is 79.9. The molecule has 2 nitrogen and oxygen atoms in total. The number of hydrogen-bond acceptors (Lipinski definition) is 2. The Morgan fingerprint density at radius 1 is 1.36 bits per heavy atom. The molecule has 0 aliphatic heterocycles. The molecule has 0 radical (unpaired) electrons. The highest BCUT2D eigenvalue weighted by Gasteiger charge is 2.09. The number of aromatic hydroxyl groups is 1. The van der Waals surface area contributed by atoms with Crippen molar-refractivity contribution in [2.24, 2.45) is 5.73 Å². The van der Waals surface area contributed by atoms with Crippen molar-refractivity contribution in [3.8, 4) is 5.75 Å². The Labute approximate surface area is 107 Å². The molecule has 0 saturated heterocycles. The maximum atomic E-state index is 9.45. The first-order valence-corrected chi connectivity index (χ1v) is 5.58. The van der Waals surface area contributed by atoms with E-state index in [0.717, 1.165) is 12.0 Å². The molecule has 0 unspecified atom stereocenters. The second kappa shape index (κ2) is 5.95. The van der Waals surface area contributed by atoms with Crippen molar-refractivity contribution in [2.45, 2.75) is 19.4 Å². The van der Waals surface area contributed by atoms with Crippen molar-refractivity contribution in [2.75, 3.05) is 0 Å². The van der Waals surface area contributed by atoms with E-state index in [1.807, 2.05) is 19.1 Å². The Kier molecular flexibility index (Phi) is 6.05. The van der Waals surface area contributed by atoms with Crippen LogP contribution in [0.1, 0.15) is 24.9 Å². The third-order valence-corrected chi connectivity index (χ3v) is 3.12. The fourth-order valence-corrected chi connectivity index (χ4v) is 2.26. The fourth-order valence-electron chi connectivity index (χ4n) is 1.03. The second-order valence-electron chi connectivity index (χ2n) is 2.85. The van der Waals surface area contributed by atoms with Gasteiger partial charge in [-0.05, 0) is 56.0 Å². The Balaban J connectivity index is 0.00000169. The van der Waals surface area contributed by atoms with Crippen LogP contribution in [-0.4, -0.2) is 5.11 Å². The average molecular weight is 345 g/mol. The van der Waals surface area contributed by atoms with E-state index in [4.69, 9.17) is 5.73 Å². The van der Waals surface area contributed by atoms with Gasteiger partial charge in [-0.25, -0.2) is 0 Å². The minimum Gasteiger partial charge on any atom is -0.506 e. The van der Waals surface area contributed by atoms with Crippen LogP contribution in [0, 0.1) is 0 Å². The van der Waals surface area contributed by atoms with Gasteiger partial charge in [0.25, 0.3) is 0 Å². The van der Waals surface area contributed by atoms with Crippen LogP contribution in [0.25, 0.3) is 0 Å². The van der Waals surface area contributed by atoms with Gasteiger partial charge < -0.3 is 10.8 Å². The van der Waals surface area contributed by atoms with E-state index in [1.165, 1.54) is 0 Å². The Morgan fingerprint density at radius 2 is 1.79 bits per heavy atom. The topological polar surface area (TPSA) is 46.2 Å². The summed E-state index contributed by atoms with van der Waals surface area (Å²) in [6.45, 7) is 2.03. The molecular formula is C9H12Br2ClNO. The molecule has 0 aliphatic rings. The molecule has 1 rings (SSSR count). The third-order valence-electron chi connectivity index (χ3n) is 1.91. The van der Waals surface area contributed by atoms with Gasteiger partial charge in [0.2, 0.25) is 0 Å². The molecule has 0 saturated carbocycles. The minimum absolute atomic E-state index is 0. The number of benzene rings is 1. The summed E-state index contributed by atoms with van der Waals surface area (Å²) in [5, 5.41) is 9.45. The van der Waals surface area contributed by atoms with Gasteiger partial charge in [0.1, 0.15) is 5.75 Å². The smallest absolute Gasteiger partial charge is 0.143 e. The summed E-state index contributed by atoms with van der Waals surface area (Å²) >= 11 is 6.52. The summed E-state index contributed by atoms with van der Waals surface area (Å²) < 4.78 is 1.33. The Morgan fingerprint density at radius 3 is 2.14 bits per heavy atom. The summed E-state index contributed by atoms with van der Waals surface area (Å²) in [5.41, 5.74) is 6.87. The first-order chi connectivity index (χ1) is 6.06. The predicted octanol–water partition coefficient (Wildman–Crippen LogP) is 3.75. The molecular weight excluding hydrogens is 333 g/mol. The zero-order valence-electron chi connectivity index (χ0n) is 7.63. The van der Waals surface area contributed by atoms with E-state index in [-0.39, 0.29) is 24.2 Å². The van der Waals surface area contributed by atoms with Gasteiger partial charge in [0.15, 0.2) is 0 Å². The molecule has 1 aromatic rings. The predicted molar refractivity (Wildman–Crippen MR) is 68.0 cm³/mol. The molecule has 14 heavy (non-hydrogen) atoms. The number of nitrogens with two attached hydrogens (primary N) is 1. The van der Waals surface area contributed by atoms with Gasteiger partial charge in [-0.2, -0.15) is 0 Å². The van der Waals surface area contributed by atoms with Gasteiger partial charge in [-0.15, -0.1) is 12.4 Å². The maximum absolute atomic E-state index is 9.45.